The van der Waals surface area contributed by atoms with Gasteiger partial charge >= 0.3 is 0 Å². The highest BCUT2D eigenvalue weighted by Crippen LogP contribution is 2.42. The first-order chi connectivity index (χ1) is 15.1. The average molecular weight is 459 g/mol. The average Bonchev–Trinajstić information content (AvgIpc) is 3.41. The van der Waals surface area contributed by atoms with E-state index in [4.69, 9.17) is 23.2 Å². The normalized spacial score (nSPS) is 21.3. The molecule has 0 amide bonds. The van der Waals surface area contributed by atoms with Crippen LogP contribution in [0.1, 0.15) is 37.1 Å². The Hall–Kier alpha value is -2.02. The number of benzene rings is 1. The van der Waals surface area contributed by atoms with Gasteiger partial charge in [-0.1, -0.05) is 23.2 Å². The van der Waals surface area contributed by atoms with E-state index in [0.717, 1.165) is 43.3 Å². The van der Waals surface area contributed by atoms with Crippen LogP contribution in [0, 0.1) is 11.8 Å². The zero-order chi connectivity index (χ0) is 21.4. The maximum absolute atomic E-state index is 6.68. The number of imidazole rings is 1. The van der Waals surface area contributed by atoms with E-state index in [2.05, 4.69) is 37.9 Å². The van der Waals surface area contributed by atoms with Gasteiger partial charge in [0.05, 0.1) is 12.4 Å². The first kappa shape index (κ1) is 20.9. The molecule has 2 atom stereocenters. The van der Waals surface area contributed by atoms with E-state index in [-0.39, 0.29) is 6.04 Å². The lowest BCUT2D eigenvalue weighted by Crippen LogP contribution is -2.53. The van der Waals surface area contributed by atoms with Gasteiger partial charge in [0.15, 0.2) is 0 Å². The van der Waals surface area contributed by atoms with Crippen LogP contribution in [0.15, 0.2) is 43.1 Å². The molecule has 6 nitrogen and oxygen atoms in total. The number of aromatic nitrogens is 4. The molecule has 1 aromatic carbocycles. The number of nitrogens with zero attached hydrogens (tertiary/aromatic N) is 5. The summed E-state index contributed by atoms with van der Waals surface area (Å²) < 4.78 is 1.95. The molecule has 2 fully saturated rings. The molecule has 4 heterocycles. The number of piperidine rings is 1. The van der Waals surface area contributed by atoms with Crippen molar-refractivity contribution >= 4 is 28.9 Å². The van der Waals surface area contributed by atoms with E-state index in [9.17, 15) is 0 Å². The van der Waals surface area contributed by atoms with Gasteiger partial charge in [-0.2, -0.15) is 5.10 Å². The van der Waals surface area contributed by atoms with Gasteiger partial charge in [0.25, 0.3) is 0 Å². The highest BCUT2D eigenvalue weighted by atomic mass is 35.5. The monoisotopic (exact) mass is 458 g/mol. The number of nitrogens with one attached hydrogen (secondary N) is 1. The highest BCUT2D eigenvalue weighted by molar-refractivity contribution is 6.35. The van der Waals surface area contributed by atoms with Gasteiger partial charge in [0.1, 0.15) is 0 Å². The van der Waals surface area contributed by atoms with Crippen LogP contribution in [0.3, 0.4) is 0 Å². The Kier molecular flexibility index (Phi) is 5.95. The standard InChI is InChI=1S/C23H28Cl2N6/c1-16(31-7-3-5-28-31)23-21(25)8-19(24)9-22(23)30-12-18(13-30)17-4-2-6-29(11-17)14-20-10-26-15-27-20/h3,5,7-10,15-18H,2,4,6,11-14H2,1H3,(H,26,27)/t16?,17-/m0/s1. The minimum atomic E-state index is 0.0494. The predicted molar refractivity (Wildman–Crippen MR) is 125 cm³/mol. The third kappa shape index (κ3) is 4.34. The number of halogens is 2. The Morgan fingerprint density at radius 1 is 1.19 bits per heavy atom. The van der Waals surface area contributed by atoms with E-state index < -0.39 is 0 Å². The Balaban J connectivity index is 1.28. The van der Waals surface area contributed by atoms with Crippen LogP contribution in [0.5, 0.6) is 0 Å². The molecule has 0 aliphatic carbocycles. The van der Waals surface area contributed by atoms with Crippen molar-refractivity contribution in [1.29, 1.82) is 0 Å². The molecule has 1 N–H and O–H groups in total. The second-order valence-corrected chi connectivity index (χ2v) is 9.71. The van der Waals surface area contributed by atoms with Crippen LogP contribution in [0.2, 0.25) is 10.0 Å². The predicted octanol–water partition coefficient (Wildman–Crippen LogP) is 4.87. The molecule has 31 heavy (non-hydrogen) atoms. The van der Waals surface area contributed by atoms with E-state index in [0.29, 0.717) is 16.0 Å². The fourth-order valence-electron chi connectivity index (χ4n) is 5.13. The minimum Gasteiger partial charge on any atom is -0.370 e. The summed E-state index contributed by atoms with van der Waals surface area (Å²) in [5.41, 5.74) is 3.43. The second kappa shape index (κ2) is 8.85. The number of hydrogen-bond donors (Lipinski definition) is 1. The number of aromatic amines is 1. The zero-order valence-electron chi connectivity index (χ0n) is 17.7. The molecule has 8 heteroatoms. The summed E-state index contributed by atoms with van der Waals surface area (Å²) in [4.78, 5) is 12.4. The van der Waals surface area contributed by atoms with Gasteiger partial charge in [-0.3, -0.25) is 9.58 Å². The molecule has 2 aliphatic heterocycles. The van der Waals surface area contributed by atoms with Crippen molar-refractivity contribution in [1.82, 2.24) is 24.6 Å². The van der Waals surface area contributed by atoms with Gasteiger partial charge < -0.3 is 9.88 Å². The SMILES string of the molecule is CC(c1c(Cl)cc(Cl)cc1N1CC([C@H]2CCCN(Cc3cnc[nH]3)C2)C1)n1cccn1. The lowest BCUT2D eigenvalue weighted by Gasteiger charge is -2.48. The number of likely N-dealkylation sites (tertiary alicyclic amines) is 1. The van der Waals surface area contributed by atoms with Gasteiger partial charge in [-0.05, 0) is 56.3 Å². The summed E-state index contributed by atoms with van der Waals surface area (Å²) in [5.74, 6) is 1.43. The van der Waals surface area contributed by atoms with Crippen LogP contribution in [-0.4, -0.2) is 50.8 Å². The molecule has 3 aromatic rings. The van der Waals surface area contributed by atoms with E-state index in [1.165, 1.54) is 25.1 Å². The van der Waals surface area contributed by atoms with Crippen molar-refractivity contribution in [3.8, 4) is 0 Å². The van der Waals surface area contributed by atoms with Crippen molar-refractivity contribution in [2.45, 2.75) is 32.4 Å². The molecule has 1 unspecified atom stereocenters. The molecule has 0 saturated carbocycles. The van der Waals surface area contributed by atoms with Crippen LogP contribution < -0.4 is 4.90 Å². The highest BCUT2D eigenvalue weighted by Gasteiger charge is 2.37. The summed E-state index contributed by atoms with van der Waals surface area (Å²) in [6.07, 6.45) is 10.1. The number of rotatable bonds is 6. The van der Waals surface area contributed by atoms with Crippen molar-refractivity contribution in [3.05, 3.63) is 64.4 Å². The number of H-pyrrole nitrogens is 1. The van der Waals surface area contributed by atoms with Crippen LogP contribution in [-0.2, 0) is 6.54 Å². The summed E-state index contributed by atoms with van der Waals surface area (Å²) in [5, 5.41) is 5.81. The molecule has 5 rings (SSSR count). The van der Waals surface area contributed by atoms with E-state index >= 15 is 0 Å². The molecular formula is C23H28Cl2N6. The van der Waals surface area contributed by atoms with Crippen LogP contribution in [0.4, 0.5) is 5.69 Å². The fourth-order valence-corrected chi connectivity index (χ4v) is 5.77. The molecule has 2 aromatic heterocycles. The minimum absolute atomic E-state index is 0.0494. The summed E-state index contributed by atoms with van der Waals surface area (Å²) in [6.45, 7) is 7.53. The van der Waals surface area contributed by atoms with Crippen molar-refractivity contribution < 1.29 is 0 Å². The molecular weight excluding hydrogens is 431 g/mol. The topological polar surface area (TPSA) is 53.0 Å². The van der Waals surface area contributed by atoms with Crippen molar-refractivity contribution in [3.63, 3.8) is 0 Å². The van der Waals surface area contributed by atoms with Gasteiger partial charge in [0.2, 0.25) is 0 Å². The third-order valence-corrected chi connectivity index (χ3v) is 7.35. The molecule has 0 spiro atoms. The van der Waals surface area contributed by atoms with Crippen molar-refractivity contribution in [2.24, 2.45) is 11.8 Å². The first-order valence-corrected chi connectivity index (χ1v) is 11.8. The van der Waals surface area contributed by atoms with Crippen molar-refractivity contribution in [2.75, 3.05) is 31.1 Å². The van der Waals surface area contributed by atoms with Gasteiger partial charge in [0, 0.05) is 71.8 Å². The second-order valence-electron chi connectivity index (χ2n) is 8.86. The lowest BCUT2D eigenvalue weighted by molar-refractivity contribution is 0.113. The third-order valence-electron chi connectivity index (χ3n) is 6.82. The van der Waals surface area contributed by atoms with Gasteiger partial charge in [-0.15, -0.1) is 0 Å². The quantitative estimate of drug-likeness (QED) is 0.572. The first-order valence-electron chi connectivity index (χ1n) is 11.0. The maximum atomic E-state index is 6.68. The molecule has 164 valence electrons. The van der Waals surface area contributed by atoms with Gasteiger partial charge in [-0.25, -0.2) is 4.98 Å². The lowest BCUT2D eigenvalue weighted by atomic mass is 9.80. The van der Waals surface area contributed by atoms with E-state index in [1.54, 1.807) is 12.5 Å². The van der Waals surface area contributed by atoms with Crippen LogP contribution >= 0.6 is 23.2 Å². The molecule has 2 aliphatic rings. The maximum Gasteiger partial charge on any atom is 0.0922 e. The van der Waals surface area contributed by atoms with Crippen LogP contribution in [0.25, 0.3) is 0 Å². The Bertz CT molecular complexity index is 998. The number of hydrogen-bond acceptors (Lipinski definition) is 4. The summed E-state index contributed by atoms with van der Waals surface area (Å²) >= 11 is 13.1. The molecule has 0 bridgehead atoms. The molecule has 2 saturated heterocycles. The molecule has 0 radical (unpaired) electrons. The van der Waals surface area contributed by atoms with E-state index in [1.807, 2.05) is 29.2 Å². The largest absolute Gasteiger partial charge is 0.370 e. The zero-order valence-corrected chi connectivity index (χ0v) is 19.2. The Labute approximate surface area is 193 Å². The summed E-state index contributed by atoms with van der Waals surface area (Å²) in [7, 11) is 0. The smallest absolute Gasteiger partial charge is 0.0922 e. The summed E-state index contributed by atoms with van der Waals surface area (Å²) in [6, 6.07) is 5.89. The Morgan fingerprint density at radius 3 is 2.81 bits per heavy atom. The number of anilines is 1. The fraction of sp³-hybridized carbons (Fsp3) is 0.478. The Morgan fingerprint density at radius 2 is 2.06 bits per heavy atom.